The molecule has 0 spiro atoms. The zero-order chi connectivity index (χ0) is 13.2. The zero-order valence-electron chi connectivity index (χ0n) is 11.4. The molecule has 18 heavy (non-hydrogen) atoms. The monoisotopic (exact) mass is 242 g/mol. The molecule has 1 rings (SSSR count). The van der Waals surface area contributed by atoms with Gasteiger partial charge in [-0.3, -0.25) is 4.79 Å². The van der Waals surface area contributed by atoms with Gasteiger partial charge in [0.15, 0.2) is 5.78 Å². The van der Waals surface area contributed by atoms with Gasteiger partial charge in [0.2, 0.25) is 0 Å². The van der Waals surface area contributed by atoms with Gasteiger partial charge in [-0.25, -0.2) is 0 Å². The summed E-state index contributed by atoms with van der Waals surface area (Å²) in [7, 11) is 0. The van der Waals surface area contributed by atoms with Crippen molar-refractivity contribution in [2.24, 2.45) is 0 Å². The molecule has 0 saturated carbocycles. The molecule has 1 aromatic rings. The summed E-state index contributed by atoms with van der Waals surface area (Å²) in [5.74, 6) is 0.0698. The van der Waals surface area contributed by atoms with E-state index in [9.17, 15) is 4.79 Å². The normalized spacial score (nSPS) is 9.67. The fourth-order valence-corrected chi connectivity index (χ4v) is 1.77. The Hall–Kier alpha value is -1.59. The SMILES string of the molecule is CCCCCCC=C=C(C)C(=O)c1ccccc1. The fourth-order valence-electron chi connectivity index (χ4n) is 1.77. The van der Waals surface area contributed by atoms with Crippen molar-refractivity contribution >= 4 is 5.78 Å². The number of carbonyl (C=O) groups is 1. The lowest BCUT2D eigenvalue weighted by atomic mass is 10.1. The van der Waals surface area contributed by atoms with Gasteiger partial charge in [-0.1, -0.05) is 56.5 Å². The first kappa shape index (κ1) is 14.5. The van der Waals surface area contributed by atoms with Crippen LogP contribution in [-0.2, 0) is 0 Å². The molecule has 0 unspecified atom stereocenters. The second-order valence-corrected chi connectivity index (χ2v) is 4.52. The quantitative estimate of drug-likeness (QED) is 0.286. The Morgan fingerprint density at radius 3 is 2.56 bits per heavy atom. The molecule has 0 aromatic heterocycles. The van der Waals surface area contributed by atoms with Gasteiger partial charge in [0.25, 0.3) is 0 Å². The van der Waals surface area contributed by atoms with E-state index in [2.05, 4.69) is 12.7 Å². The van der Waals surface area contributed by atoms with Crippen LogP contribution in [0.3, 0.4) is 0 Å². The maximum atomic E-state index is 12.0. The molecular weight excluding hydrogens is 220 g/mol. The number of Topliss-reactive ketones (excluding diaryl/α,β-unsaturated/α-hetero) is 1. The number of rotatable bonds is 7. The predicted molar refractivity (Wildman–Crippen MR) is 76.8 cm³/mol. The second-order valence-electron chi connectivity index (χ2n) is 4.52. The van der Waals surface area contributed by atoms with Crippen molar-refractivity contribution in [3.63, 3.8) is 0 Å². The van der Waals surface area contributed by atoms with Crippen molar-refractivity contribution in [3.8, 4) is 0 Å². The second kappa shape index (κ2) is 8.49. The number of allylic oxidation sites excluding steroid dienone is 1. The average Bonchev–Trinajstić information content (AvgIpc) is 2.42. The highest BCUT2D eigenvalue weighted by atomic mass is 16.1. The van der Waals surface area contributed by atoms with E-state index >= 15 is 0 Å². The smallest absolute Gasteiger partial charge is 0.196 e. The number of benzene rings is 1. The van der Waals surface area contributed by atoms with E-state index in [-0.39, 0.29) is 5.78 Å². The Morgan fingerprint density at radius 2 is 1.89 bits per heavy atom. The van der Waals surface area contributed by atoms with Gasteiger partial charge in [0.05, 0.1) is 0 Å². The van der Waals surface area contributed by atoms with E-state index in [1.54, 1.807) is 0 Å². The molecule has 1 nitrogen and oxygen atoms in total. The Labute approximate surface area is 110 Å². The molecule has 0 aliphatic carbocycles. The van der Waals surface area contributed by atoms with Gasteiger partial charge in [-0.15, -0.1) is 5.73 Å². The summed E-state index contributed by atoms with van der Waals surface area (Å²) in [5, 5.41) is 0. The van der Waals surface area contributed by atoms with E-state index in [0.29, 0.717) is 5.57 Å². The van der Waals surface area contributed by atoms with Crippen LogP contribution in [0.25, 0.3) is 0 Å². The van der Waals surface area contributed by atoms with Crippen molar-refractivity contribution in [1.29, 1.82) is 0 Å². The van der Waals surface area contributed by atoms with Crippen LogP contribution in [-0.4, -0.2) is 5.78 Å². The minimum Gasteiger partial charge on any atom is -0.288 e. The number of carbonyl (C=O) groups excluding carboxylic acids is 1. The summed E-state index contributed by atoms with van der Waals surface area (Å²) in [4.78, 5) is 12.0. The summed E-state index contributed by atoms with van der Waals surface area (Å²) in [6.45, 7) is 4.04. The van der Waals surface area contributed by atoms with E-state index in [4.69, 9.17) is 0 Å². The van der Waals surface area contributed by atoms with Gasteiger partial charge in [-0.2, -0.15) is 0 Å². The Balaban J connectivity index is 2.50. The molecule has 0 amide bonds. The molecule has 0 atom stereocenters. The predicted octanol–water partition coefficient (Wildman–Crippen LogP) is 4.94. The molecule has 0 radical (unpaired) electrons. The lowest BCUT2D eigenvalue weighted by Gasteiger charge is -1.97. The van der Waals surface area contributed by atoms with Gasteiger partial charge in [0.1, 0.15) is 0 Å². The lowest BCUT2D eigenvalue weighted by Crippen LogP contribution is -1.98. The standard InChI is InChI=1S/C17H22O/c1-3-4-5-6-7-9-12-15(2)17(18)16-13-10-8-11-14-16/h8-11,13-14H,3-7H2,1-2H3. The van der Waals surface area contributed by atoms with Crippen LogP contribution in [0, 0.1) is 0 Å². The summed E-state index contributed by atoms with van der Waals surface area (Å²) in [6, 6.07) is 9.37. The average molecular weight is 242 g/mol. The number of unbranched alkanes of at least 4 members (excludes halogenated alkanes) is 4. The van der Waals surface area contributed by atoms with Gasteiger partial charge in [0, 0.05) is 11.1 Å². The van der Waals surface area contributed by atoms with E-state index in [1.165, 1.54) is 25.7 Å². The Morgan fingerprint density at radius 1 is 1.17 bits per heavy atom. The molecule has 0 N–H and O–H groups in total. The largest absolute Gasteiger partial charge is 0.288 e. The van der Waals surface area contributed by atoms with E-state index < -0.39 is 0 Å². The first-order chi connectivity index (χ1) is 8.75. The topological polar surface area (TPSA) is 17.1 Å². The van der Waals surface area contributed by atoms with E-state index in [0.717, 1.165) is 12.0 Å². The highest BCUT2D eigenvalue weighted by molar-refractivity contribution is 6.08. The van der Waals surface area contributed by atoms with Crippen LogP contribution in [0.1, 0.15) is 56.3 Å². The molecular formula is C17H22O. The minimum atomic E-state index is 0.0698. The number of hydrogen-bond donors (Lipinski definition) is 0. The third-order valence-electron chi connectivity index (χ3n) is 2.90. The van der Waals surface area contributed by atoms with Crippen LogP contribution in [0.2, 0.25) is 0 Å². The van der Waals surface area contributed by atoms with Gasteiger partial charge in [-0.05, 0) is 25.8 Å². The lowest BCUT2D eigenvalue weighted by molar-refractivity contribution is 0.103. The summed E-state index contributed by atoms with van der Waals surface area (Å²) < 4.78 is 0. The molecule has 96 valence electrons. The summed E-state index contributed by atoms with van der Waals surface area (Å²) in [5.41, 5.74) is 4.53. The molecule has 1 aromatic carbocycles. The Kier molecular flexibility index (Phi) is 6.83. The first-order valence-electron chi connectivity index (χ1n) is 6.77. The highest BCUT2D eigenvalue weighted by Gasteiger charge is 2.05. The maximum absolute atomic E-state index is 12.0. The van der Waals surface area contributed by atoms with E-state index in [1.807, 2.05) is 43.3 Å². The first-order valence-corrected chi connectivity index (χ1v) is 6.77. The van der Waals surface area contributed by atoms with Crippen molar-refractivity contribution in [3.05, 3.63) is 53.3 Å². The molecule has 0 aliphatic rings. The highest BCUT2D eigenvalue weighted by Crippen LogP contribution is 2.07. The summed E-state index contributed by atoms with van der Waals surface area (Å²) in [6.07, 6.45) is 8.00. The number of hydrogen-bond acceptors (Lipinski definition) is 1. The summed E-state index contributed by atoms with van der Waals surface area (Å²) >= 11 is 0. The van der Waals surface area contributed by atoms with Crippen molar-refractivity contribution in [1.82, 2.24) is 0 Å². The third kappa shape index (κ3) is 5.16. The van der Waals surface area contributed by atoms with Crippen LogP contribution >= 0.6 is 0 Å². The molecule has 0 bridgehead atoms. The van der Waals surface area contributed by atoms with Gasteiger partial charge < -0.3 is 0 Å². The van der Waals surface area contributed by atoms with Crippen LogP contribution in [0.4, 0.5) is 0 Å². The third-order valence-corrected chi connectivity index (χ3v) is 2.90. The van der Waals surface area contributed by atoms with Crippen LogP contribution in [0.15, 0.2) is 47.7 Å². The Bertz CT molecular complexity index is 422. The van der Waals surface area contributed by atoms with Gasteiger partial charge >= 0.3 is 0 Å². The van der Waals surface area contributed by atoms with Crippen molar-refractivity contribution in [2.75, 3.05) is 0 Å². The molecule has 0 saturated heterocycles. The van der Waals surface area contributed by atoms with Crippen molar-refractivity contribution < 1.29 is 4.79 Å². The van der Waals surface area contributed by atoms with Crippen LogP contribution in [0.5, 0.6) is 0 Å². The molecule has 0 aliphatic heterocycles. The number of ketones is 1. The van der Waals surface area contributed by atoms with Crippen molar-refractivity contribution in [2.45, 2.75) is 46.0 Å². The van der Waals surface area contributed by atoms with Crippen LogP contribution < -0.4 is 0 Å². The minimum absolute atomic E-state index is 0.0698. The molecule has 0 fully saturated rings. The zero-order valence-corrected chi connectivity index (χ0v) is 11.4. The maximum Gasteiger partial charge on any atom is 0.196 e. The molecule has 1 heteroatoms. The molecule has 0 heterocycles. The fraction of sp³-hybridized carbons (Fsp3) is 0.412.